The van der Waals surface area contributed by atoms with Crippen molar-refractivity contribution < 1.29 is 69.1 Å². The molecule has 0 spiro atoms. The van der Waals surface area contributed by atoms with Gasteiger partial charge in [-0.2, -0.15) is 0 Å². The SMILES string of the molecule is COc1c([B-](F)(F)F)ccc(C)c1C.[K+]. The molecule has 1 aromatic carbocycles. The Morgan fingerprint density at radius 1 is 1.13 bits per heavy atom. The van der Waals surface area contributed by atoms with E-state index in [1.807, 2.05) is 0 Å². The van der Waals surface area contributed by atoms with Crippen LogP contribution in [0.4, 0.5) is 12.9 Å². The van der Waals surface area contributed by atoms with E-state index in [4.69, 9.17) is 4.74 Å². The zero-order chi connectivity index (χ0) is 10.9. The third kappa shape index (κ3) is 3.49. The average molecular weight is 242 g/mol. The zero-order valence-electron chi connectivity index (χ0n) is 9.27. The van der Waals surface area contributed by atoms with Gasteiger partial charge in [-0.25, -0.2) is 0 Å². The fraction of sp³-hybridized carbons (Fsp3) is 0.333. The number of rotatable bonds is 2. The smallest absolute Gasteiger partial charge is 0.499 e. The van der Waals surface area contributed by atoms with E-state index >= 15 is 0 Å². The molecular formula is C9H11BF3KO. The molecule has 78 valence electrons. The Balaban J connectivity index is 0.00000196. The Kier molecular flexibility index (Phi) is 5.92. The van der Waals surface area contributed by atoms with Crippen LogP contribution in [0.2, 0.25) is 0 Å². The van der Waals surface area contributed by atoms with Crippen LogP contribution in [0.1, 0.15) is 11.1 Å². The van der Waals surface area contributed by atoms with Crippen LogP contribution in [0.25, 0.3) is 0 Å². The first-order valence-electron chi connectivity index (χ1n) is 4.22. The molecule has 0 bridgehead atoms. The number of benzene rings is 1. The van der Waals surface area contributed by atoms with Gasteiger partial charge in [0.1, 0.15) is 0 Å². The summed E-state index contributed by atoms with van der Waals surface area (Å²) in [6, 6.07) is 2.53. The molecule has 0 amide bonds. The predicted octanol–water partition coefficient (Wildman–Crippen LogP) is -0.630. The number of aryl methyl sites for hydroxylation is 1. The molecule has 0 aliphatic carbocycles. The Hall–Kier alpha value is 0.511. The van der Waals surface area contributed by atoms with Crippen molar-refractivity contribution in [2.45, 2.75) is 13.8 Å². The summed E-state index contributed by atoms with van der Waals surface area (Å²) in [7, 11) is 1.26. The normalized spacial score (nSPS) is 10.8. The standard InChI is InChI=1S/C9H11BF3O.K/c1-6-4-5-8(10(11,12)13)9(14-3)7(6)2;/h4-5H,1-3H3;/q-1;+1. The van der Waals surface area contributed by atoms with Crippen molar-refractivity contribution in [2.24, 2.45) is 0 Å². The van der Waals surface area contributed by atoms with E-state index in [0.29, 0.717) is 5.56 Å². The maximum atomic E-state index is 12.5. The molecule has 0 heterocycles. The second-order valence-corrected chi connectivity index (χ2v) is 3.20. The van der Waals surface area contributed by atoms with E-state index in [0.717, 1.165) is 11.6 Å². The molecule has 0 aliphatic rings. The molecule has 6 heteroatoms. The van der Waals surface area contributed by atoms with E-state index in [2.05, 4.69) is 0 Å². The first-order valence-corrected chi connectivity index (χ1v) is 4.22. The minimum absolute atomic E-state index is 0. The van der Waals surface area contributed by atoms with Crippen molar-refractivity contribution in [2.75, 3.05) is 7.11 Å². The molecule has 0 fully saturated rings. The first-order chi connectivity index (χ1) is 6.38. The minimum atomic E-state index is -5.00. The van der Waals surface area contributed by atoms with Crippen molar-refractivity contribution in [3.63, 3.8) is 0 Å². The largest absolute Gasteiger partial charge is 1.00 e. The molecule has 0 unspecified atom stereocenters. The summed E-state index contributed by atoms with van der Waals surface area (Å²) < 4.78 is 42.4. The number of methoxy groups -OCH3 is 1. The quantitative estimate of drug-likeness (QED) is 0.627. The van der Waals surface area contributed by atoms with E-state index in [1.54, 1.807) is 13.8 Å². The van der Waals surface area contributed by atoms with E-state index in [1.165, 1.54) is 13.2 Å². The third-order valence-corrected chi connectivity index (χ3v) is 2.26. The van der Waals surface area contributed by atoms with Crippen LogP contribution in [0, 0.1) is 13.8 Å². The van der Waals surface area contributed by atoms with Gasteiger partial charge < -0.3 is 17.7 Å². The molecule has 1 nitrogen and oxygen atoms in total. The van der Waals surface area contributed by atoms with Crippen LogP contribution in [-0.4, -0.2) is 14.1 Å². The molecule has 1 aromatic rings. The van der Waals surface area contributed by atoms with Gasteiger partial charge in [-0.15, -0.1) is 0 Å². The average Bonchev–Trinajstić information content (AvgIpc) is 2.07. The fourth-order valence-corrected chi connectivity index (χ4v) is 1.34. The number of halogens is 3. The van der Waals surface area contributed by atoms with Crippen molar-refractivity contribution in [1.82, 2.24) is 0 Å². The Morgan fingerprint density at radius 2 is 1.67 bits per heavy atom. The Labute approximate surface area is 130 Å². The molecule has 0 N–H and O–H groups in total. The van der Waals surface area contributed by atoms with Gasteiger partial charge in [0.2, 0.25) is 0 Å². The topological polar surface area (TPSA) is 9.23 Å². The maximum Gasteiger partial charge on any atom is 1.00 e. The van der Waals surface area contributed by atoms with Crippen LogP contribution in [-0.2, 0) is 0 Å². The second-order valence-electron chi connectivity index (χ2n) is 3.20. The van der Waals surface area contributed by atoms with Gasteiger partial charge in [0, 0.05) is 0 Å². The molecule has 0 saturated carbocycles. The van der Waals surface area contributed by atoms with E-state index in [9.17, 15) is 12.9 Å². The number of hydrogen-bond donors (Lipinski definition) is 0. The van der Waals surface area contributed by atoms with Gasteiger partial charge in [-0.05, 0) is 25.0 Å². The van der Waals surface area contributed by atoms with Crippen LogP contribution in [0.5, 0.6) is 5.75 Å². The summed E-state index contributed by atoms with van der Waals surface area (Å²) in [6.07, 6.45) is 0. The van der Waals surface area contributed by atoms with Crippen molar-refractivity contribution in [3.8, 4) is 5.75 Å². The summed E-state index contributed by atoms with van der Waals surface area (Å²) in [4.78, 5) is 0. The molecule has 0 radical (unpaired) electrons. The summed E-state index contributed by atoms with van der Waals surface area (Å²) >= 11 is 0. The van der Waals surface area contributed by atoms with Gasteiger partial charge in [0.25, 0.3) is 0 Å². The predicted molar refractivity (Wildman–Crippen MR) is 51.2 cm³/mol. The third-order valence-electron chi connectivity index (χ3n) is 2.26. The van der Waals surface area contributed by atoms with Gasteiger partial charge in [0.15, 0.2) is 0 Å². The van der Waals surface area contributed by atoms with Crippen LogP contribution in [0.3, 0.4) is 0 Å². The Morgan fingerprint density at radius 3 is 2.07 bits per heavy atom. The van der Waals surface area contributed by atoms with Crippen LogP contribution >= 0.6 is 0 Å². The molecular weight excluding hydrogens is 231 g/mol. The van der Waals surface area contributed by atoms with Crippen molar-refractivity contribution >= 4 is 12.4 Å². The molecule has 1 rings (SSSR count). The van der Waals surface area contributed by atoms with E-state index < -0.39 is 12.4 Å². The first kappa shape index (κ1) is 15.5. The summed E-state index contributed by atoms with van der Waals surface area (Å²) in [5.74, 6) is -0.0579. The monoisotopic (exact) mass is 242 g/mol. The molecule has 0 atom stereocenters. The maximum absolute atomic E-state index is 12.5. The second kappa shape index (κ2) is 5.72. The number of hydrogen-bond acceptors (Lipinski definition) is 1. The van der Waals surface area contributed by atoms with Crippen molar-refractivity contribution in [1.29, 1.82) is 0 Å². The van der Waals surface area contributed by atoms with Gasteiger partial charge in [-0.3, -0.25) is 0 Å². The van der Waals surface area contributed by atoms with Crippen LogP contribution < -0.4 is 61.6 Å². The summed E-state index contributed by atoms with van der Waals surface area (Å²) in [5.41, 5.74) is 0.686. The minimum Gasteiger partial charge on any atom is -0.499 e. The molecule has 0 aliphatic heterocycles. The van der Waals surface area contributed by atoms with Crippen molar-refractivity contribution in [3.05, 3.63) is 23.3 Å². The fourth-order valence-electron chi connectivity index (χ4n) is 1.34. The van der Waals surface area contributed by atoms with Gasteiger partial charge >= 0.3 is 58.4 Å². The summed E-state index contributed by atoms with van der Waals surface area (Å²) in [6.45, 7) is -1.62. The molecule has 0 saturated heterocycles. The zero-order valence-corrected chi connectivity index (χ0v) is 12.4. The molecule has 15 heavy (non-hydrogen) atoms. The summed E-state index contributed by atoms with van der Waals surface area (Å²) in [5, 5.41) is 0. The Bertz CT molecular complexity index is 352. The number of ether oxygens (including phenoxy) is 1. The van der Waals surface area contributed by atoms with Gasteiger partial charge in [0.05, 0.1) is 12.9 Å². The molecule has 0 aromatic heterocycles. The van der Waals surface area contributed by atoms with E-state index in [-0.39, 0.29) is 57.1 Å². The van der Waals surface area contributed by atoms with Gasteiger partial charge in [-0.1, -0.05) is 17.6 Å². The van der Waals surface area contributed by atoms with Crippen LogP contribution in [0.15, 0.2) is 12.1 Å².